The Hall–Kier alpha value is 0.210. The van der Waals surface area contributed by atoms with Gasteiger partial charge in [0.2, 0.25) is 0 Å². The fourth-order valence-corrected chi connectivity index (χ4v) is 4.37. The van der Waals surface area contributed by atoms with Crippen molar-refractivity contribution in [3.63, 3.8) is 0 Å². The number of halogens is 1. The van der Waals surface area contributed by atoms with E-state index in [-0.39, 0.29) is 17.3 Å². The molecule has 0 unspecified atom stereocenters. The second kappa shape index (κ2) is 3.15. The molecule has 0 aromatic rings. The monoisotopic (exact) mass is 244 g/mol. The van der Waals surface area contributed by atoms with Crippen molar-refractivity contribution >= 4 is 11.6 Å². The minimum absolute atomic E-state index is 0.0913. The zero-order chi connectivity index (χ0) is 11.6. The van der Waals surface area contributed by atoms with E-state index in [0.717, 1.165) is 12.3 Å². The van der Waals surface area contributed by atoms with Gasteiger partial charge >= 0.3 is 0 Å². The van der Waals surface area contributed by atoms with Crippen LogP contribution in [0.15, 0.2) is 0 Å². The van der Waals surface area contributed by atoms with Gasteiger partial charge in [-0.05, 0) is 24.2 Å². The predicted molar refractivity (Wildman–Crippen MR) is 63.5 cm³/mol. The minimum atomic E-state index is -0.334. The van der Waals surface area contributed by atoms with Crippen LogP contribution in [0.3, 0.4) is 0 Å². The van der Waals surface area contributed by atoms with Crippen LogP contribution in [0.1, 0.15) is 40.0 Å². The van der Waals surface area contributed by atoms with Crippen LogP contribution in [-0.2, 0) is 9.47 Å². The molecule has 3 aliphatic rings. The molecule has 3 rings (SSSR count). The molecule has 1 saturated heterocycles. The topological polar surface area (TPSA) is 18.5 Å². The van der Waals surface area contributed by atoms with E-state index in [2.05, 4.69) is 20.8 Å². The van der Waals surface area contributed by atoms with Gasteiger partial charge in [0.05, 0.1) is 18.6 Å². The van der Waals surface area contributed by atoms with E-state index in [1.807, 2.05) is 0 Å². The third kappa shape index (κ3) is 1.07. The van der Waals surface area contributed by atoms with Gasteiger partial charge in [-0.25, -0.2) is 0 Å². The van der Waals surface area contributed by atoms with Crippen LogP contribution in [0.25, 0.3) is 0 Å². The highest BCUT2D eigenvalue weighted by Gasteiger charge is 2.72. The molecule has 0 N–H and O–H groups in total. The first-order valence-electron chi connectivity index (χ1n) is 6.33. The Morgan fingerprint density at radius 2 is 2.06 bits per heavy atom. The smallest absolute Gasteiger partial charge is 0.175 e. The largest absolute Gasteiger partial charge is 0.347 e. The van der Waals surface area contributed by atoms with Crippen molar-refractivity contribution in [2.24, 2.45) is 16.7 Å². The van der Waals surface area contributed by atoms with Crippen molar-refractivity contribution in [3.8, 4) is 0 Å². The number of ether oxygens (including phenoxy) is 2. The Morgan fingerprint density at radius 3 is 2.50 bits per heavy atom. The summed E-state index contributed by atoms with van der Waals surface area (Å²) in [6, 6.07) is 0. The summed E-state index contributed by atoms with van der Waals surface area (Å²) in [4.78, 5) is 0. The summed E-state index contributed by atoms with van der Waals surface area (Å²) >= 11 is 5.88. The quantitative estimate of drug-likeness (QED) is 0.660. The van der Waals surface area contributed by atoms with Crippen LogP contribution in [0.5, 0.6) is 0 Å². The van der Waals surface area contributed by atoms with Gasteiger partial charge in [0.25, 0.3) is 0 Å². The molecule has 3 heteroatoms. The van der Waals surface area contributed by atoms with Crippen LogP contribution in [0.4, 0.5) is 0 Å². The minimum Gasteiger partial charge on any atom is -0.347 e. The van der Waals surface area contributed by atoms with Crippen LogP contribution in [0.2, 0.25) is 0 Å². The SMILES string of the molecule is CC1(C)[C@@H]2CC[C@@]1(C)[C@@]1(C2)OC[C@H](CCl)O1. The van der Waals surface area contributed by atoms with Gasteiger partial charge in [0.15, 0.2) is 5.79 Å². The highest BCUT2D eigenvalue weighted by atomic mass is 35.5. The van der Waals surface area contributed by atoms with Crippen LogP contribution < -0.4 is 0 Å². The average molecular weight is 245 g/mol. The van der Waals surface area contributed by atoms with Crippen molar-refractivity contribution in [1.82, 2.24) is 0 Å². The molecular weight excluding hydrogens is 224 g/mol. The maximum atomic E-state index is 6.18. The Balaban J connectivity index is 1.95. The van der Waals surface area contributed by atoms with Crippen LogP contribution in [0, 0.1) is 16.7 Å². The van der Waals surface area contributed by atoms with E-state index < -0.39 is 0 Å². The molecule has 2 saturated carbocycles. The first-order chi connectivity index (χ1) is 7.45. The zero-order valence-electron chi connectivity index (χ0n) is 10.4. The molecular formula is C13H21ClO2. The Bertz CT molecular complexity index is 317. The summed E-state index contributed by atoms with van der Waals surface area (Å²) in [5.41, 5.74) is 0.486. The first kappa shape index (κ1) is 11.3. The summed E-state index contributed by atoms with van der Waals surface area (Å²) in [5, 5.41) is 0. The van der Waals surface area contributed by atoms with Crippen molar-refractivity contribution in [1.29, 1.82) is 0 Å². The summed E-state index contributed by atoms with van der Waals surface area (Å²) in [6.45, 7) is 7.76. The lowest BCUT2D eigenvalue weighted by molar-refractivity contribution is -0.243. The maximum absolute atomic E-state index is 6.18. The second-order valence-corrected chi connectivity index (χ2v) is 6.76. The van der Waals surface area contributed by atoms with Crippen molar-refractivity contribution in [3.05, 3.63) is 0 Å². The van der Waals surface area contributed by atoms with Gasteiger partial charge < -0.3 is 9.47 Å². The van der Waals surface area contributed by atoms with Gasteiger partial charge in [0, 0.05) is 11.8 Å². The Labute approximate surface area is 103 Å². The number of rotatable bonds is 1. The summed E-state index contributed by atoms with van der Waals surface area (Å²) < 4.78 is 12.2. The highest BCUT2D eigenvalue weighted by molar-refractivity contribution is 6.18. The van der Waals surface area contributed by atoms with Crippen molar-refractivity contribution in [2.75, 3.05) is 12.5 Å². The van der Waals surface area contributed by atoms with E-state index in [9.17, 15) is 0 Å². The lowest BCUT2D eigenvalue weighted by Gasteiger charge is -2.44. The standard InChI is InChI=1S/C13H21ClO2/c1-11(2)9-4-5-12(11,3)13(6-9)15-8-10(7-14)16-13/h9-10H,4-8H2,1-3H3/t9-,10+,12-,13+/m1/s1. The van der Waals surface area contributed by atoms with E-state index >= 15 is 0 Å². The molecule has 2 bridgehead atoms. The number of fused-ring (bicyclic) bond motifs is 3. The molecule has 1 spiro atoms. The molecule has 2 nitrogen and oxygen atoms in total. The fourth-order valence-electron chi connectivity index (χ4n) is 4.22. The summed E-state index contributed by atoms with van der Waals surface area (Å²) in [7, 11) is 0. The van der Waals surface area contributed by atoms with E-state index in [0.29, 0.717) is 17.9 Å². The number of alkyl halides is 1. The molecule has 2 aliphatic carbocycles. The van der Waals surface area contributed by atoms with Gasteiger partial charge in [-0.2, -0.15) is 0 Å². The predicted octanol–water partition coefficient (Wildman–Crippen LogP) is 3.18. The van der Waals surface area contributed by atoms with E-state index in [4.69, 9.17) is 21.1 Å². The molecule has 1 aliphatic heterocycles. The molecule has 0 aromatic heterocycles. The normalized spacial score (nSPS) is 54.0. The highest BCUT2D eigenvalue weighted by Crippen LogP contribution is 2.72. The third-order valence-corrected chi connectivity index (χ3v) is 6.17. The fraction of sp³-hybridized carbons (Fsp3) is 1.00. The van der Waals surface area contributed by atoms with Gasteiger partial charge in [0.1, 0.15) is 0 Å². The summed E-state index contributed by atoms with van der Waals surface area (Å²) in [6.07, 6.45) is 3.70. The van der Waals surface area contributed by atoms with Gasteiger partial charge in [-0.15, -0.1) is 11.6 Å². The van der Waals surface area contributed by atoms with Crippen LogP contribution in [-0.4, -0.2) is 24.4 Å². The molecule has 4 atom stereocenters. The molecule has 0 amide bonds. The van der Waals surface area contributed by atoms with Gasteiger partial charge in [-0.3, -0.25) is 0 Å². The third-order valence-electron chi connectivity index (χ3n) is 5.82. The lowest BCUT2D eigenvalue weighted by Crippen LogP contribution is -2.48. The first-order valence-corrected chi connectivity index (χ1v) is 6.86. The molecule has 92 valence electrons. The average Bonchev–Trinajstić information content (AvgIpc) is 2.79. The number of hydrogen-bond acceptors (Lipinski definition) is 2. The second-order valence-electron chi connectivity index (χ2n) is 6.45. The molecule has 0 radical (unpaired) electrons. The van der Waals surface area contributed by atoms with Crippen molar-refractivity contribution in [2.45, 2.75) is 51.9 Å². The lowest BCUT2D eigenvalue weighted by atomic mass is 9.68. The molecule has 3 fully saturated rings. The van der Waals surface area contributed by atoms with Crippen LogP contribution >= 0.6 is 11.6 Å². The maximum Gasteiger partial charge on any atom is 0.175 e. The molecule has 1 heterocycles. The van der Waals surface area contributed by atoms with E-state index in [1.54, 1.807) is 0 Å². The Kier molecular flexibility index (Phi) is 2.23. The molecule has 16 heavy (non-hydrogen) atoms. The zero-order valence-corrected chi connectivity index (χ0v) is 11.1. The van der Waals surface area contributed by atoms with E-state index in [1.165, 1.54) is 12.8 Å². The number of hydrogen-bond donors (Lipinski definition) is 0. The Morgan fingerprint density at radius 1 is 1.31 bits per heavy atom. The molecule has 0 aromatic carbocycles. The van der Waals surface area contributed by atoms with Gasteiger partial charge in [-0.1, -0.05) is 20.8 Å². The van der Waals surface area contributed by atoms with Crippen molar-refractivity contribution < 1.29 is 9.47 Å². The summed E-state index contributed by atoms with van der Waals surface area (Å²) in [5.74, 6) is 0.952.